The number of aromatic nitrogens is 3. The van der Waals surface area contributed by atoms with Gasteiger partial charge in [-0.1, -0.05) is 60.7 Å². The van der Waals surface area contributed by atoms with Crippen molar-refractivity contribution in [3.05, 3.63) is 93.6 Å². The van der Waals surface area contributed by atoms with Crippen molar-refractivity contribution in [3.63, 3.8) is 0 Å². The van der Waals surface area contributed by atoms with E-state index in [-0.39, 0.29) is 5.78 Å². The van der Waals surface area contributed by atoms with Crippen molar-refractivity contribution in [3.8, 4) is 11.3 Å². The van der Waals surface area contributed by atoms with Gasteiger partial charge in [-0.3, -0.25) is 4.79 Å². The molecule has 2 aromatic carbocycles. The van der Waals surface area contributed by atoms with E-state index >= 15 is 0 Å². The maximum atomic E-state index is 11.5. The SMILES string of the molecule is CC(=O)Cc1ccc(-c2nc3c(C4=Cc5ccccc5CCCC=C4)cnn3c(N)c2Br)cc1. The highest BCUT2D eigenvalue weighted by molar-refractivity contribution is 9.10. The number of Topliss-reactive ketones (excluding diaryl/α,β-unsaturated/α-hetero) is 1. The summed E-state index contributed by atoms with van der Waals surface area (Å²) in [6.07, 6.45) is 12.0. The average Bonchev–Trinajstić information content (AvgIpc) is 3.28. The van der Waals surface area contributed by atoms with Gasteiger partial charge in [0.05, 0.1) is 16.4 Å². The van der Waals surface area contributed by atoms with Gasteiger partial charge in [-0.05, 0) is 70.5 Å². The number of hydrogen-bond donors (Lipinski definition) is 1. The van der Waals surface area contributed by atoms with Gasteiger partial charge in [0, 0.05) is 17.5 Å². The number of ketones is 1. The molecule has 0 aliphatic heterocycles. The van der Waals surface area contributed by atoms with Crippen LogP contribution in [0.2, 0.25) is 0 Å². The molecule has 0 fully saturated rings. The van der Waals surface area contributed by atoms with E-state index in [1.54, 1.807) is 11.4 Å². The highest BCUT2D eigenvalue weighted by atomic mass is 79.9. The van der Waals surface area contributed by atoms with Gasteiger partial charge in [0.1, 0.15) is 11.6 Å². The van der Waals surface area contributed by atoms with E-state index in [0.29, 0.717) is 22.4 Å². The Morgan fingerprint density at radius 2 is 1.94 bits per heavy atom. The Morgan fingerprint density at radius 1 is 1.15 bits per heavy atom. The van der Waals surface area contributed by atoms with Crippen LogP contribution < -0.4 is 5.73 Å². The molecule has 2 aromatic heterocycles. The topological polar surface area (TPSA) is 73.3 Å². The Kier molecular flexibility index (Phi) is 6.16. The quantitative estimate of drug-likeness (QED) is 0.347. The molecule has 0 unspecified atom stereocenters. The smallest absolute Gasteiger partial charge is 0.165 e. The van der Waals surface area contributed by atoms with Crippen LogP contribution in [0.3, 0.4) is 0 Å². The summed E-state index contributed by atoms with van der Waals surface area (Å²) in [5, 5.41) is 4.56. The van der Waals surface area contributed by atoms with Crippen LogP contribution in [0, 0.1) is 0 Å². The number of nitrogens with two attached hydrogens (primary N) is 1. The summed E-state index contributed by atoms with van der Waals surface area (Å²) >= 11 is 3.63. The molecule has 2 heterocycles. The first-order valence-corrected chi connectivity index (χ1v) is 12.2. The van der Waals surface area contributed by atoms with Crippen LogP contribution in [0.4, 0.5) is 5.82 Å². The molecule has 0 atom stereocenters. The number of rotatable bonds is 4. The highest BCUT2D eigenvalue weighted by Gasteiger charge is 2.18. The predicted molar refractivity (Wildman–Crippen MR) is 141 cm³/mol. The van der Waals surface area contributed by atoms with Crippen LogP contribution in [0.15, 0.2) is 71.4 Å². The number of benzene rings is 2. The van der Waals surface area contributed by atoms with Crippen molar-refractivity contribution in [1.82, 2.24) is 14.6 Å². The van der Waals surface area contributed by atoms with Gasteiger partial charge >= 0.3 is 0 Å². The standard InChI is InChI=1S/C28H25BrN4O/c1-18(34)15-19-11-13-21(14-12-19)26-25(29)27(30)33-28(32-26)24(17-31-33)23-10-4-2-3-7-20-8-5-6-9-22(20)16-23/h4-6,8-14,16-17H,2-3,7,15,30H2,1H3. The number of hydrogen-bond acceptors (Lipinski definition) is 4. The molecular weight excluding hydrogens is 488 g/mol. The molecule has 0 saturated heterocycles. The number of allylic oxidation sites excluding steroid dienone is 3. The van der Waals surface area contributed by atoms with Gasteiger partial charge in [0.15, 0.2) is 5.65 Å². The number of nitrogens with zero attached hydrogens (tertiary/aromatic N) is 3. The monoisotopic (exact) mass is 512 g/mol. The zero-order valence-electron chi connectivity index (χ0n) is 19.0. The van der Waals surface area contributed by atoms with E-state index in [9.17, 15) is 4.79 Å². The van der Waals surface area contributed by atoms with Crippen LogP contribution in [-0.4, -0.2) is 20.4 Å². The molecule has 0 saturated carbocycles. The first-order valence-electron chi connectivity index (χ1n) is 11.4. The van der Waals surface area contributed by atoms with Gasteiger partial charge in [-0.2, -0.15) is 9.61 Å². The maximum Gasteiger partial charge on any atom is 0.165 e. The lowest BCUT2D eigenvalue weighted by molar-refractivity contribution is -0.116. The minimum atomic E-state index is 0.138. The molecule has 170 valence electrons. The molecule has 5 rings (SSSR count). The van der Waals surface area contributed by atoms with Crippen LogP contribution in [0.5, 0.6) is 0 Å². The molecule has 0 spiro atoms. The molecule has 5 nitrogen and oxygen atoms in total. The molecule has 0 radical (unpaired) electrons. The highest BCUT2D eigenvalue weighted by Crippen LogP contribution is 2.35. The second-order valence-electron chi connectivity index (χ2n) is 8.62. The Bertz CT molecular complexity index is 1450. The van der Waals surface area contributed by atoms with Crippen molar-refractivity contribution in [2.24, 2.45) is 0 Å². The second-order valence-corrected chi connectivity index (χ2v) is 9.42. The third-order valence-corrected chi connectivity index (χ3v) is 6.88. The van der Waals surface area contributed by atoms with Gasteiger partial charge in [-0.15, -0.1) is 0 Å². The first kappa shape index (κ1) is 22.3. The van der Waals surface area contributed by atoms with Gasteiger partial charge < -0.3 is 5.73 Å². The summed E-state index contributed by atoms with van der Waals surface area (Å²) in [7, 11) is 0. The normalized spacial score (nSPS) is 13.6. The predicted octanol–water partition coefficient (Wildman–Crippen LogP) is 6.31. The Morgan fingerprint density at radius 3 is 2.74 bits per heavy atom. The molecule has 34 heavy (non-hydrogen) atoms. The number of carbonyl (C=O) groups is 1. The van der Waals surface area contributed by atoms with Crippen LogP contribution in [-0.2, 0) is 17.6 Å². The number of aryl methyl sites for hydroxylation is 1. The summed E-state index contributed by atoms with van der Waals surface area (Å²) in [6.45, 7) is 1.60. The molecule has 6 heteroatoms. The summed E-state index contributed by atoms with van der Waals surface area (Å²) in [6, 6.07) is 16.4. The fourth-order valence-electron chi connectivity index (χ4n) is 4.36. The molecule has 2 N–H and O–H groups in total. The van der Waals surface area contributed by atoms with Gasteiger partial charge in [0.25, 0.3) is 0 Å². The number of halogens is 1. The lowest BCUT2D eigenvalue weighted by Crippen LogP contribution is -2.04. The first-order chi connectivity index (χ1) is 16.5. The largest absolute Gasteiger partial charge is 0.383 e. The summed E-state index contributed by atoms with van der Waals surface area (Å²) in [5.74, 6) is 0.631. The average molecular weight is 513 g/mol. The molecule has 1 aliphatic carbocycles. The summed E-state index contributed by atoms with van der Waals surface area (Å²) in [4.78, 5) is 16.5. The lowest BCUT2D eigenvalue weighted by atomic mass is 9.99. The van der Waals surface area contributed by atoms with Crippen LogP contribution in [0.25, 0.3) is 28.6 Å². The van der Waals surface area contributed by atoms with E-state index in [1.165, 1.54) is 11.1 Å². The maximum absolute atomic E-state index is 11.5. The number of fused-ring (bicyclic) bond motifs is 2. The number of anilines is 1. The third-order valence-electron chi connectivity index (χ3n) is 6.09. The van der Waals surface area contributed by atoms with E-state index in [4.69, 9.17) is 10.7 Å². The van der Waals surface area contributed by atoms with Crippen LogP contribution in [0.1, 0.15) is 42.0 Å². The van der Waals surface area contributed by atoms with Crippen molar-refractivity contribution >= 4 is 44.8 Å². The van der Waals surface area contributed by atoms with Crippen molar-refractivity contribution in [2.45, 2.75) is 32.6 Å². The minimum absolute atomic E-state index is 0.138. The molecular formula is C28H25BrN4O. The van der Waals surface area contributed by atoms with Gasteiger partial charge in [-0.25, -0.2) is 4.98 Å². The fourth-order valence-corrected chi connectivity index (χ4v) is 4.85. The van der Waals surface area contributed by atoms with Crippen molar-refractivity contribution < 1.29 is 4.79 Å². The third kappa shape index (κ3) is 4.33. The molecule has 4 aromatic rings. The minimum Gasteiger partial charge on any atom is -0.383 e. The van der Waals surface area contributed by atoms with E-state index in [2.05, 4.69) is 63.5 Å². The number of carbonyl (C=O) groups excluding carboxylic acids is 1. The van der Waals surface area contributed by atoms with Crippen molar-refractivity contribution in [1.29, 1.82) is 0 Å². The number of nitrogen functional groups attached to an aromatic ring is 1. The molecule has 0 amide bonds. The zero-order valence-corrected chi connectivity index (χ0v) is 20.5. The Balaban J connectivity index is 1.65. The second kappa shape index (κ2) is 9.39. The Labute approximate surface area is 207 Å². The van der Waals surface area contributed by atoms with E-state index in [1.807, 2.05) is 30.5 Å². The summed E-state index contributed by atoms with van der Waals surface area (Å²) < 4.78 is 2.37. The zero-order chi connectivity index (χ0) is 23.7. The summed E-state index contributed by atoms with van der Waals surface area (Å²) in [5.41, 5.74) is 14.4. The lowest BCUT2D eigenvalue weighted by Gasteiger charge is -2.11. The van der Waals surface area contributed by atoms with Gasteiger partial charge in [0.2, 0.25) is 0 Å². The van der Waals surface area contributed by atoms with E-state index in [0.717, 1.165) is 47.2 Å². The van der Waals surface area contributed by atoms with E-state index < -0.39 is 0 Å². The fraction of sp³-hybridized carbons (Fsp3) is 0.179. The Hall–Kier alpha value is -3.51. The van der Waals surface area contributed by atoms with Crippen LogP contribution >= 0.6 is 15.9 Å². The molecule has 0 bridgehead atoms. The van der Waals surface area contributed by atoms with Crippen molar-refractivity contribution in [2.75, 3.05) is 5.73 Å². The molecule has 1 aliphatic rings.